The molecule has 0 aromatic carbocycles. The van der Waals surface area contributed by atoms with Crippen LogP contribution in [0.1, 0.15) is 19.8 Å². The molecule has 2 N–H and O–H groups in total. The first-order chi connectivity index (χ1) is 7.54. The fraction of sp³-hybridized carbons (Fsp3) is 0.455. The molecular formula is C11H14FN3O. The van der Waals surface area contributed by atoms with Gasteiger partial charge in [0.1, 0.15) is 5.54 Å². The Hall–Kier alpha value is -1.65. The van der Waals surface area contributed by atoms with Gasteiger partial charge < -0.3 is 10.6 Å². The van der Waals surface area contributed by atoms with Crippen molar-refractivity contribution in [2.24, 2.45) is 5.73 Å². The highest BCUT2D eigenvalue weighted by Crippen LogP contribution is 2.33. The van der Waals surface area contributed by atoms with Gasteiger partial charge in [-0.05, 0) is 31.9 Å². The first-order valence-corrected chi connectivity index (χ1v) is 5.23. The largest absolute Gasteiger partial charge is 0.368 e. The Kier molecular flexibility index (Phi) is 2.53. The predicted octanol–water partition coefficient (Wildman–Crippen LogP) is 1.06. The summed E-state index contributed by atoms with van der Waals surface area (Å²) in [6.07, 6.45) is 3.05. The van der Waals surface area contributed by atoms with Crippen LogP contribution in [0.4, 0.5) is 10.1 Å². The minimum atomic E-state index is -0.681. The summed E-state index contributed by atoms with van der Waals surface area (Å²) in [7, 11) is 0. The molecule has 86 valence electrons. The maximum Gasteiger partial charge on any atom is 0.243 e. The average Bonchev–Trinajstić information content (AvgIpc) is 2.63. The Morgan fingerprint density at radius 2 is 2.38 bits per heavy atom. The van der Waals surface area contributed by atoms with Crippen molar-refractivity contribution in [1.82, 2.24) is 4.98 Å². The van der Waals surface area contributed by atoms with Crippen molar-refractivity contribution >= 4 is 11.6 Å². The molecule has 0 radical (unpaired) electrons. The molecule has 1 aromatic rings. The number of carbonyl (C=O) groups excluding carboxylic acids is 1. The lowest BCUT2D eigenvalue weighted by Crippen LogP contribution is -2.51. The van der Waals surface area contributed by atoms with E-state index >= 15 is 0 Å². The van der Waals surface area contributed by atoms with E-state index in [1.807, 2.05) is 11.8 Å². The molecule has 1 aliphatic rings. The summed E-state index contributed by atoms with van der Waals surface area (Å²) in [4.78, 5) is 16.9. The van der Waals surface area contributed by atoms with Crippen molar-refractivity contribution in [3.63, 3.8) is 0 Å². The number of pyridine rings is 1. The van der Waals surface area contributed by atoms with Gasteiger partial charge in [-0.15, -0.1) is 0 Å². The number of aromatic nitrogens is 1. The molecule has 1 fully saturated rings. The zero-order valence-corrected chi connectivity index (χ0v) is 9.11. The number of halogens is 1. The first-order valence-electron chi connectivity index (χ1n) is 5.23. The Balaban J connectivity index is 2.33. The van der Waals surface area contributed by atoms with Gasteiger partial charge >= 0.3 is 0 Å². The van der Waals surface area contributed by atoms with E-state index in [9.17, 15) is 9.18 Å². The van der Waals surface area contributed by atoms with Crippen molar-refractivity contribution in [1.29, 1.82) is 0 Å². The second-order valence-electron chi connectivity index (χ2n) is 4.23. The molecule has 0 bridgehead atoms. The summed E-state index contributed by atoms with van der Waals surface area (Å²) in [5.74, 6) is -0.877. The molecule has 0 aliphatic carbocycles. The highest BCUT2D eigenvalue weighted by molar-refractivity contribution is 5.88. The summed E-state index contributed by atoms with van der Waals surface area (Å²) in [5, 5.41) is 0. The predicted molar refractivity (Wildman–Crippen MR) is 58.4 cm³/mol. The molecule has 2 rings (SSSR count). The molecule has 1 atom stereocenters. The quantitative estimate of drug-likeness (QED) is 0.763. The van der Waals surface area contributed by atoms with Crippen molar-refractivity contribution in [2.75, 3.05) is 11.4 Å². The number of anilines is 1. The molecule has 1 aromatic heterocycles. The third kappa shape index (κ3) is 1.62. The Bertz CT molecular complexity index is 406. The van der Waals surface area contributed by atoms with Crippen molar-refractivity contribution in [3.8, 4) is 0 Å². The maximum absolute atomic E-state index is 12.7. The number of hydrogen-bond acceptors (Lipinski definition) is 3. The van der Waals surface area contributed by atoms with Crippen LogP contribution in [-0.4, -0.2) is 23.0 Å². The Morgan fingerprint density at radius 1 is 1.62 bits per heavy atom. The van der Waals surface area contributed by atoms with E-state index in [2.05, 4.69) is 4.98 Å². The molecule has 16 heavy (non-hydrogen) atoms. The number of nitrogens with zero attached hydrogens (tertiary/aromatic N) is 2. The van der Waals surface area contributed by atoms with Crippen LogP contribution in [0.15, 0.2) is 18.3 Å². The molecular weight excluding hydrogens is 209 g/mol. The smallest absolute Gasteiger partial charge is 0.243 e. The molecule has 0 saturated carbocycles. The minimum Gasteiger partial charge on any atom is -0.368 e. The van der Waals surface area contributed by atoms with Gasteiger partial charge in [0, 0.05) is 6.54 Å². The van der Waals surface area contributed by atoms with E-state index in [0.717, 1.165) is 25.1 Å². The highest BCUT2D eigenvalue weighted by atomic mass is 19.1. The standard InChI is InChI=1S/C11H14FN3O/c1-11(10(13)16)5-2-6-15(11)8-3-4-9(12)14-7-8/h3-4,7H,2,5-6H2,1H3,(H2,13,16). The number of rotatable bonds is 2. The summed E-state index contributed by atoms with van der Waals surface area (Å²) >= 11 is 0. The summed E-state index contributed by atoms with van der Waals surface area (Å²) in [6, 6.07) is 2.91. The van der Waals surface area contributed by atoms with E-state index in [1.165, 1.54) is 12.3 Å². The normalized spacial score (nSPS) is 24.8. The van der Waals surface area contributed by atoms with Gasteiger partial charge in [-0.2, -0.15) is 4.39 Å². The molecule has 1 saturated heterocycles. The lowest BCUT2D eigenvalue weighted by molar-refractivity contribution is -0.122. The van der Waals surface area contributed by atoms with E-state index in [0.29, 0.717) is 0 Å². The van der Waals surface area contributed by atoms with Crippen LogP contribution >= 0.6 is 0 Å². The summed E-state index contributed by atoms with van der Waals surface area (Å²) < 4.78 is 12.7. The van der Waals surface area contributed by atoms with E-state index in [1.54, 1.807) is 6.07 Å². The zero-order valence-electron chi connectivity index (χ0n) is 9.11. The van der Waals surface area contributed by atoms with Gasteiger partial charge in [-0.3, -0.25) is 4.79 Å². The van der Waals surface area contributed by atoms with Crippen LogP contribution < -0.4 is 10.6 Å². The van der Waals surface area contributed by atoms with Crippen molar-refractivity contribution in [3.05, 3.63) is 24.3 Å². The van der Waals surface area contributed by atoms with Crippen LogP contribution in [0.5, 0.6) is 0 Å². The SMILES string of the molecule is CC1(C(N)=O)CCCN1c1ccc(F)nc1. The maximum atomic E-state index is 12.7. The van der Waals surface area contributed by atoms with Gasteiger partial charge in [-0.1, -0.05) is 0 Å². The van der Waals surface area contributed by atoms with E-state index in [4.69, 9.17) is 5.73 Å². The van der Waals surface area contributed by atoms with Crippen LogP contribution in [0, 0.1) is 5.95 Å². The summed E-state index contributed by atoms with van der Waals surface area (Å²) in [5.41, 5.74) is 5.47. The average molecular weight is 223 g/mol. The van der Waals surface area contributed by atoms with Gasteiger partial charge in [0.15, 0.2) is 0 Å². The lowest BCUT2D eigenvalue weighted by atomic mass is 9.98. The highest BCUT2D eigenvalue weighted by Gasteiger charge is 2.41. The number of hydrogen-bond donors (Lipinski definition) is 1. The zero-order chi connectivity index (χ0) is 11.8. The van der Waals surface area contributed by atoms with Gasteiger partial charge in [0.2, 0.25) is 11.9 Å². The number of nitrogens with two attached hydrogens (primary N) is 1. The van der Waals surface area contributed by atoms with E-state index < -0.39 is 11.5 Å². The fourth-order valence-electron chi connectivity index (χ4n) is 2.16. The minimum absolute atomic E-state index is 0.352. The monoisotopic (exact) mass is 223 g/mol. The molecule has 5 heteroatoms. The van der Waals surface area contributed by atoms with Crippen LogP contribution in [0.2, 0.25) is 0 Å². The van der Waals surface area contributed by atoms with Crippen LogP contribution in [0.3, 0.4) is 0 Å². The third-order valence-corrected chi connectivity index (χ3v) is 3.20. The van der Waals surface area contributed by atoms with Crippen molar-refractivity contribution < 1.29 is 9.18 Å². The number of amides is 1. The van der Waals surface area contributed by atoms with Crippen LogP contribution in [0.25, 0.3) is 0 Å². The molecule has 2 heterocycles. The van der Waals surface area contributed by atoms with Gasteiger partial charge in [0.05, 0.1) is 11.9 Å². The summed E-state index contributed by atoms with van der Waals surface area (Å²) in [6.45, 7) is 2.55. The molecule has 1 unspecified atom stereocenters. The fourth-order valence-corrected chi connectivity index (χ4v) is 2.16. The second kappa shape index (κ2) is 3.73. The molecule has 0 spiro atoms. The first kappa shape index (κ1) is 10.9. The topological polar surface area (TPSA) is 59.2 Å². The molecule has 4 nitrogen and oxygen atoms in total. The van der Waals surface area contributed by atoms with Crippen LogP contribution in [-0.2, 0) is 4.79 Å². The lowest BCUT2D eigenvalue weighted by Gasteiger charge is -2.33. The molecule has 1 aliphatic heterocycles. The molecule has 1 amide bonds. The Labute approximate surface area is 93.3 Å². The van der Waals surface area contributed by atoms with Gasteiger partial charge in [-0.25, -0.2) is 4.98 Å². The van der Waals surface area contributed by atoms with Gasteiger partial charge in [0.25, 0.3) is 0 Å². The number of primary amides is 1. The Morgan fingerprint density at radius 3 is 2.94 bits per heavy atom. The second-order valence-corrected chi connectivity index (χ2v) is 4.23. The third-order valence-electron chi connectivity index (χ3n) is 3.20. The van der Waals surface area contributed by atoms with Crippen molar-refractivity contribution in [2.45, 2.75) is 25.3 Å². The van der Waals surface area contributed by atoms with E-state index in [-0.39, 0.29) is 5.91 Å². The number of carbonyl (C=O) groups is 1.